The molecule has 2 heterocycles. The van der Waals surface area contributed by atoms with Crippen molar-refractivity contribution in [3.8, 4) is 23.1 Å². The van der Waals surface area contributed by atoms with Gasteiger partial charge in [0.25, 0.3) is 0 Å². The molecular weight excluding hydrogens is 670 g/mol. The summed E-state index contributed by atoms with van der Waals surface area (Å²) in [7, 11) is 0. The number of aromatic nitrogens is 1. The summed E-state index contributed by atoms with van der Waals surface area (Å²) in [6, 6.07) is 32.8. The van der Waals surface area contributed by atoms with Crippen LogP contribution in [0, 0.1) is 20.8 Å². The van der Waals surface area contributed by atoms with Gasteiger partial charge in [-0.25, -0.2) is 4.98 Å². The van der Waals surface area contributed by atoms with Gasteiger partial charge in [0, 0.05) is 57.0 Å². The number of benzene rings is 4. The number of aryl methyl sites for hydroxylation is 3. The molecule has 0 radical (unpaired) electrons. The van der Waals surface area contributed by atoms with Crippen LogP contribution >= 0.6 is 11.6 Å². The van der Waals surface area contributed by atoms with E-state index in [2.05, 4.69) is 96.2 Å². The van der Waals surface area contributed by atoms with Gasteiger partial charge in [-0.05, 0) is 85.8 Å². The molecular formula is C44H46ClN3O4. The molecule has 268 valence electrons. The summed E-state index contributed by atoms with van der Waals surface area (Å²) in [5.41, 5.74) is 8.64. The minimum atomic E-state index is 0.0858. The second-order valence-electron chi connectivity index (χ2n) is 13.5. The Morgan fingerprint density at radius 1 is 0.808 bits per heavy atom. The Bertz CT molecular complexity index is 1930. The van der Waals surface area contributed by atoms with Crippen LogP contribution in [0.3, 0.4) is 0 Å². The highest BCUT2D eigenvalue weighted by molar-refractivity contribution is 6.32. The normalized spacial score (nSPS) is 14.2. The van der Waals surface area contributed by atoms with Gasteiger partial charge in [-0.15, -0.1) is 0 Å². The van der Waals surface area contributed by atoms with E-state index >= 15 is 0 Å². The molecule has 1 saturated heterocycles. The van der Waals surface area contributed by atoms with Gasteiger partial charge >= 0.3 is 0 Å². The lowest BCUT2D eigenvalue weighted by Gasteiger charge is -2.37. The van der Waals surface area contributed by atoms with Crippen molar-refractivity contribution in [2.24, 2.45) is 0 Å². The molecule has 8 heteroatoms. The zero-order chi connectivity index (χ0) is 36.5. The lowest BCUT2D eigenvalue weighted by atomic mass is 10.0. The number of pyridine rings is 1. The van der Waals surface area contributed by atoms with E-state index in [1.54, 1.807) is 18.3 Å². The zero-order valence-corrected chi connectivity index (χ0v) is 31.1. The standard InChI is InChI=1S/C44H46ClN3O4/c1-31-5-9-37(10-6-31)30-50-40-17-18-43(46-28-40)52-44-33(3)25-38(27-41(44)45)42(19-24-49)48-22-20-47(21-23-48)29-36-13-11-35(12-14-36)26-34(4)51-39-15-7-32(2)8-16-39/h5-19,24-25,27-28,34H,20-23,26,29-30H2,1-4H3. The summed E-state index contributed by atoms with van der Waals surface area (Å²) in [5.74, 6) is 2.50. The van der Waals surface area contributed by atoms with E-state index in [-0.39, 0.29) is 6.10 Å². The molecule has 6 rings (SSSR count). The van der Waals surface area contributed by atoms with E-state index < -0.39 is 0 Å². The zero-order valence-electron chi connectivity index (χ0n) is 30.3. The smallest absolute Gasteiger partial charge is 0.219 e. The molecule has 4 aromatic carbocycles. The highest BCUT2D eigenvalue weighted by Gasteiger charge is 2.22. The van der Waals surface area contributed by atoms with Crippen LogP contribution in [0.4, 0.5) is 0 Å². The summed E-state index contributed by atoms with van der Waals surface area (Å²) in [6.07, 6.45) is 5.05. The molecule has 1 unspecified atom stereocenters. The van der Waals surface area contributed by atoms with E-state index in [0.29, 0.717) is 29.0 Å². The topological polar surface area (TPSA) is 64.1 Å². The number of carbonyl (C=O) groups excluding carboxylic acids is 1. The van der Waals surface area contributed by atoms with Gasteiger partial charge < -0.3 is 19.1 Å². The Hall–Kier alpha value is -5.11. The number of rotatable bonds is 14. The van der Waals surface area contributed by atoms with Crippen molar-refractivity contribution in [1.82, 2.24) is 14.8 Å². The van der Waals surface area contributed by atoms with Gasteiger partial charge in [0.2, 0.25) is 5.88 Å². The second-order valence-corrected chi connectivity index (χ2v) is 13.9. The summed E-state index contributed by atoms with van der Waals surface area (Å²) in [5, 5.41) is 0.450. The molecule has 0 aliphatic carbocycles. The number of aldehydes is 1. The first-order chi connectivity index (χ1) is 25.2. The largest absolute Gasteiger partial charge is 0.490 e. The van der Waals surface area contributed by atoms with E-state index in [4.69, 9.17) is 25.8 Å². The Labute approximate surface area is 312 Å². The summed E-state index contributed by atoms with van der Waals surface area (Å²) in [4.78, 5) is 20.9. The van der Waals surface area contributed by atoms with Crippen LogP contribution in [-0.4, -0.2) is 53.4 Å². The van der Waals surface area contributed by atoms with Crippen molar-refractivity contribution < 1.29 is 19.0 Å². The van der Waals surface area contributed by atoms with Crippen LogP contribution in [0.25, 0.3) is 5.70 Å². The summed E-state index contributed by atoms with van der Waals surface area (Å²) >= 11 is 6.79. The van der Waals surface area contributed by atoms with Gasteiger partial charge in [0.1, 0.15) is 24.4 Å². The molecule has 1 atom stereocenters. The average molecular weight is 716 g/mol. The lowest BCUT2D eigenvalue weighted by Crippen LogP contribution is -2.45. The van der Waals surface area contributed by atoms with Gasteiger partial charge in [-0.2, -0.15) is 0 Å². The van der Waals surface area contributed by atoms with Crippen LogP contribution in [0.15, 0.2) is 109 Å². The minimum absolute atomic E-state index is 0.0858. The van der Waals surface area contributed by atoms with Crippen molar-refractivity contribution in [3.63, 3.8) is 0 Å². The van der Waals surface area contributed by atoms with E-state index in [1.807, 2.05) is 37.3 Å². The number of piperazine rings is 1. The van der Waals surface area contributed by atoms with E-state index in [9.17, 15) is 4.79 Å². The molecule has 1 fully saturated rings. The molecule has 1 aliphatic heterocycles. The molecule has 7 nitrogen and oxygen atoms in total. The van der Waals surface area contributed by atoms with Gasteiger partial charge in [0.15, 0.2) is 5.75 Å². The van der Waals surface area contributed by atoms with Gasteiger partial charge in [-0.3, -0.25) is 9.69 Å². The molecule has 1 aliphatic rings. The maximum atomic E-state index is 11.8. The Morgan fingerprint density at radius 3 is 2.08 bits per heavy atom. The third-order valence-corrected chi connectivity index (χ3v) is 9.50. The number of carbonyl (C=O) groups is 1. The van der Waals surface area contributed by atoms with E-state index in [0.717, 1.165) is 73.6 Å². The van der Waals surface area contributed by atoms with Crippen LogP contribution in [0.1, 0.15) is 45.9 Å². The van der Waals surface area contributed by atoms with Gasteiger partial charge in [0.05, 0.1) is 17.3 Å². The predicted octanol–water partition coefficient (Wildman–Crippen LogP) is 9.40. The minimum Gasteiger partial charge on any atom is -0.490 e. The first-order valence-electron chi connectivity index (χ1n) is 17.8. The van der Waals surface area contributed by atoms with Crippen LogP contribution < -0.4 is 14.2 Å². The maximum absolute atomic E-state index is 11.8. The maximum Gasteiger partial charge on any atom is 0.219 e. The van der Waals surface area contributed by atoms with Crippen LogP contribution in [0.5, 0.6) is 23.1 Å². The van der Waals surface area contributed by atoms with Crippen molar-refractivity contribution in [3.05, 3.63) is 153 Å². The highest BCUT2D eigenvalue weighted by Crippen LogP contribution is 2.36. The fourth-order valence-electron chi connectivity index (χ4n) is 6.33. The average Bonchev–Trinajstić information content (AvgIpc) is 3.14. The first-order valence-corrected chi connectivity index (χ1v) is 18.2. The van der Waals surface area contributed by atoms with E-state index in [1.165, 1.54) is 22.3 Å². The molecule has 5 aromatic rings. The number of halogens is 1. The quantitative estimate of drug-likeness (QED) is 0.0839. The number of hydrogen-bond acceptors (Lipinski definition) is 7. The molecule has 0 bridgehead atoms. The predicted molar refractivity (Wildman–Crippen MR) is 208 cm³/mol. The third kappa shape index (κ3) is 10.0. The Morgan fingerprint density at radius 2 is 1.44 bits per heavy atom. The Kier molecular flexibility index (Phi) is 12.3. The Balaban J connectivity index is 1.01. The number of hydrogen-bond donors (Lipinski definition) is 0. The molecule has 0 saturated carbocycles. The molecule has 0 amide bonds. The lowest BCUT2D eigenvalue weighted by molar-refractivity contribution is -0.104. The van der Waals surface area contributed by atoms with Crippen molar-refractivity contribution >= 4 is 23.6 Å². The second kappa shape index (κ2) is 17.4. The number of ether oxygens (including phenoxy) is 3. The highest BCUT2D eigenvalue weighted by atomic mass is 35.5. The van der Waals surface area contributed by atoms with Crippen molar-refractivity contribution in [1.29, 1.82) is 0 Å². The summed E-state index contributed by atoms with van der Waals surface area (Å²) in [6.45, 7) is 12.9. The molecule has 0 N–H and O–H groups in total. The monoisotopic (exact) mass is 715 g/mol. The van der Waals surface area contributed by atoms with Crippen LogP contribution in [-0.2, 0) is 24.4 Å². The third-order valence-electron chi connectivity index (χ3n) is 9.22. The van der Waals surface area contributed by atoms with Crippen molar-refractivity contribution in [2.45, 2.75) is 53.4 Å². The fourth-order valence-corrected chi connectivity index (χ4v) is 6.64. The molecule has 1 aromatic heterocycles. The fraction of sp³-hybridized carbons (Fsp3) is 0.273. The number of nitrogens with zero attached hydrogens (tertiary/aromatic N) is 3. The van der Waals surface area contributed by atoms with Crippen molar-refractivity contribution in [2.75, 3.05) is 26.2 Å². The molecule has 0 spiro atoms. The first kappa shape index (κ1) is 36.7. The summed E-state index contributed by atoms with van der Waals surface area (Å²) < 4.78 is 18.1. The van der Waals surface area contributed by atoms with Gasteiger partial charge in [-0.1, -0.05) is 83.4 Å². The SMILES string of the molecule is Cc1ccc(COc2ccc(Oc3c(C)cc(C(=CC=O)N4CCN(Cc5ccc(CC(C)Oc6ccc(C)cc6)cc5)CC4)cc3Cl)nc2)cc1. The van der Waals surface area contributed by atoms with Crippen LogP contribution in [0.2, 0.25) is 5.02 Å². The molecule has 52 heavy (non-hydrogen) atoms. The number of allylic oxidation sites excluding steroid dienone is 1.